The van der Waals surface area contributed by atoms with Crippen molar-refractivity contribution in [1.29, 1.82) is 0 Å². The second kappa shape index (κ2) is 32.8. The summed E-state index contributed by atoms with van der Waals surface area (Å²) >= 11 is 0. The fourth-order valence-corrected chi connectivity index (χ4v) is 20.7. The summed E-state index contributed by atoms with van der Waals surface area (Å²) in [6.45, 7) is 0. The molecule has 28 rings (SSSR count). The highest BCUT2D eigenvalue weighted by Gasteiger charge is 2.26. The lowest BCUT2D eigenvalue weighted by atomic mass is 9.99. The van der Waals surface area contributed by atoms with Crippen molar-refractivity contribution in [2.45, 2.75) is 0 Å². The molecule has 18 aromatic carbocycles. The fourth-order valence-electron chi connectivity index (χ4n) is 20.7. The molecule has 0 amide bonds. The summed E-state index contributed by atoms with van der Waals surface area (Å²) in [5.74, 6) is 1.84. The fraction of sp³-hybridized carbons (Fsp3) is 0. The Bertz CT molecular complexity index is 9470. The van der Waals surface area contributed by atoms with Crippen LogP contribution in [-0.4, -0.2) is 57.3 Å². The topological polar surface area (TPSA) is 107 Å². The Morgan fingerprint density at radius 3 is 0.816 bits per heavy atom. The molecule has 10 aromatic heterocycles. The predicted molar refractivity (Wildman–Crippen MR) is 562 cm³/mol. The number of hydrogen-bond donors (Lipinski definition) is 0. The van der Waals surface area contributed by atoms with Crippen LogP contribution in [0.5, 0.6) is 0 Å². The van der Waals surface area contributed by atoms with Gasteiger partial charge in [-0.15, -0.1) is 0 Å². The minimum Gasteiger partial charge on any atom is -0.309 e. The minimum atomic E-state index is 0.578. The molecule has 0 radical (unpaired) electrons. The van der Waals surface area contributed by atoms with Crippen molar-refractivity contribution in [1.82, 2.24) is 57.3 Å². The minimum absolute atomic E-state index is 0.578. The Kier molecular flexibility index (Phi) is 19.0. The number of benzene rings is 18. The molecule has 12 nitrogen and oxygen atoms in total. The Morgan fingerprint density at radius 1 is 0.154 bits per heavy atom. The van der Waals surface area contributed by atoms with Gasteiger partial charge in [0.1, 0.15) is 16.9 Å². The van der Waals surface area contributed by atoms with Gasteiger partial charge in [0.25, 0.3) is 0 Å². The van der Waals surface area contributed by atoms with Gasteiger partial charge in [-0.2, -0.15) is 9.97 Å². The number of nitrogens with zero attached hydrogens (tertiary/aromatic N) is 12. The smallest absolute Gasteiger partial charge is 0.238 e. The Balaban J connectivity index is 0.000000106. The maximum absolute atomic E-state index is 5.09. The van der Waals surface area contributed by atoms with Crippen molar-refractivity contribution in [2.75, 3.05) is 0 Å². The van der Waals surface area contributed by atoms with Crippen LogP contribution in [0, 0.1) is 0 Å². The number of fused-ring (bicyclic) bond motifs is 19. The number of pyridine rings is 3. The number of aromatic nitrogens is 12. The van der Waals surface area contributed by atoms with Crippen molar-refractivity contribution in [3.63, 3.8) is 0 Å². The van der Waals surface area contributed by atoms with Crippen molar-refractivity contribution in [3.8, 4) is 102 Å². The Morgan fingerprint density at radius 2 is 0.426 bits per heavy atom. The average molecular weight is 1740 g/mol. The summed E-state index contributed by atoms with van der Waals surface area (Å²) in [5.41, 5.74) is 30.1. The lowest BCUT2D eigenvalue weighted by Gasteiger charge is -2.11. The summed E-state index contributed by atoms with van der Waals surface area (Å²) in [4.78, 5) is 29.9. The van der Waals surface area contributed by atoms with Crippen LogP contribution in [-0.2, 0) is 0 Å². The summed E-state index contributed by atoms with van der Waals surface area (Å²) in [5, 5.41) is 16.8. The molecule has 0 spiro atoms. The van der Waals surface area contributed by atoms with Crippen molar-refractivity contribution >= 4 is 142 Å². The molecule has 12 heteroatoms. The van der Waals surface area contributed by atoms with Crippen LogP contribution in [0.2, 0.25) is 0 Å². The molecular weight excluding hydrogens is 1660 g/mol. The van der Waals surface area contributed by atoms with Crippen molar-refractivity contribution in [3.05, 3.63) is 486 Å². The van der Waals surface area contributed by atoms with Gasteiger partial charge in [0.2, 0.25) is 5.95 Å². The summed E-state index contributed by atoms with van der Waals surface area (Å²) in [6.07, 6.45) is 5.81. The molecular formula is C124H80N12. The van der Waals surface area contributed by atoms with E-state index in [-0.39, 0.29) is 0 Å². The molecule has 0 aliphatic rings. The molecule has 0 atom stereocenters. The first-order valence-electron chi connectivity index (χ1n) is 46.0. The van der Waals surface area contributed by atoms with E-state index >= 15 is 0 Å². The maximum atomic E-state index is 5.09. The normalized spacial score (nSPS) is 11.7. The first-order valence-corrected chi connectivity index (χ1v) is 46.0. The van der Waals surface area contributed by atoms with Crippen molar-refractivity contribution < 1.29 is 0 Å². The third-order valence-corrected chi connectivity index (χ3v) is 26.8. The van der Waals surface area contributed by atoms with E-state index < -0.39 is 0 Å². The van der Waals surface area contributed by atoms with E-state index in [4.69, 9.17) is 29.9 Å². The number of para-hydroxylation sites is 9. The monoisotopic (exact) mass is 1740 g/mol. The quantitative estimate of drug-likeness (QED) is 0.121. The summed E-state index contributed by atoms with van der Waals surface area (Å²) in [6, 6.07) is 165. The maximum Gasteiger partial charge on any atom is 0.238 e. The lowest BCUT2D eigenvalue weighted by molar-refractivity contribution is 0.953. The zero-order chi connectivity index (χ0) is 89.7. The highest BCUT2D eigenvalue weighted by molar-refractivity contribution is 6.20. The van der Waals surface area contributed by atoms with Crippen LogP contribution >= 0.6 is 0 Å². The van der Waals surface area contributed by atoms with Gasteiger partial charge in [0.15, 0.2) is 11.6 Å². The summed E-state index contributed by atoms with van der Waals surface area (Å²) < 4.78 is 13.7. The lowest BCUT2D eigenvalue weighted by Crippen LogP contribution is -2.06. The molecule has 0 saturated heterocycles. The third kappa shape index (κ3) is 13.2. The van der Waals surface area contributed by atoms with Gasteiger partial charge in [-0.05, 0) is 207 Å². The molecule has 0 N–H and O–H groups in total. The Hall–Kier alpha value is -18.5. The van der Waals surface area contributed by atoms with E-state index in [1.165, 1.54) is 120 Å². The van der Waals surface area contributed by atoms with Gasteiger partial charge < -0.3 is 9.13 Å². The first kappa shape index (κ1) is 78.5. The van der Waals surface area contributed by atoms with Crippen molar-refractivity contribution in [2.24, 2.45) is 0 Å². The zero-order valence-corrected chi connectivity index (χ0v) is 73.6. The average Bonchev–Trinajstić information content (AvgIpc) is 1.58. The number of hydrogen-bond acceptors (Lipinski definition) is 6. The SMILES string of the molecule is c1ccc(-c2ccc(-n3c4ccccc4c4cc(-c5ccnc6c5c5ccccc5n6-c5ccccc5)ccc43)cc2)cc1.c1ccc(-c2nc(-c3ccccc3)nc(-n3c4ccccc4c4cc(-c5ccnc6c5c5ccccc5n6-c5ccccc5)ccc43)n2)cc1.c1ccc(-n2c3ccccc3c3c(-c4ccc5c(c4)c4ccccc4n5-c4ccc5ccccc5c4)ccnc32)cc1. The molecule has 0 unspecified atom stereocenters. The second-order valence-corrected chi connectivity index (χ2v) is 34.4. The van der Waals surface area contributed by atoms with E-state index in [1.54, 1.807) is 0 Å². The van der Waals surface area contributed by atoms with Crippen LogP contribution in [0.1, 0.15) is 0 Å². The van der Waals surface area contributed by atoms with Gasteiger partial charge in [-0.1, -0.05) is 315 Å². The molecule has 0 fully saturated rings. The summed E-state index contributed by atoms with van der Waals surface area (Å²) in [7, 11) is 0. The standard InChI is InChI=1S/C44H28N6.C41H27N3.C39H25N3/c1-4-14-29(15-5-1)41-46-42(30-16-6-2-7-17-30)48-44(47-41)50-37-22-12-10-20-34(37)36-28-31(24-25-39(36)50)33-26-27-45-43-40(33)35-21-11-13-23-38(35)49(43)32-18-8-3-9-19-32;1-3-11-28(12-4-1)29-19-22-32(23-20-29)43-37-17-9-7-15-34(37)36-27-30(21-24-39(36)43)33-25-26-42-41-40(33)35-16-8-10-18-38(35)44(41)31-13-5-2-6-14-31;1-2-12-29(13-3-1)42-36-17-9-7-15-33(36)38-31(22-23-40-39(38)42)28-19-21-37-34(25-28)32-14-6-8-16-35(32)41(37)30-20-18-26-10-4-5-11-27(26)24-30/h1-28H;1-27H;1-25H. The van der Waals surface area contributed by atoms with Gasteiger partial charge in [0, 0.05) is 123 Å². The largest absolute Gasteiger partial charge is 0.309 e. The molecule has 0 aliphatic carbocycles. The first-order chi connectivity index (χ1) is 67.5. The third-order valence-electron chi connectivity index (χ3n) is 26.8. The van der Waals surface area contributed by atoms with Crippen LogP contribution in [0.3, 0.4) is 0 Å². The van der Waals surface area contributed by atoms with Crippen LogP contribution < -0.4 is 0 Å². The molecule has 0 bridgehead atoms. The molecule has 636 valence electrons. The van der Waals surface area contributed by atoms with E-state index in [1.807, 2.05) is 85.3 Å². The van der Waals surface area contributed by atoms with Crippen LogP contribution in [0.4, 0.5) is 0 Å². The Labute approximate surface area is 781 Å². The number of rotatable bonds is 12. The highest BCUT2D eigenvalue weighted by atomic mass is 15.2. The van der Waals surface area contributed by atoms with Gasteiger partial charge in [-0.3, -0.25) is 18.3 Å². The predicted octanol–water partition coefficient (Wildman–Crippen LogP) is 31.2. The highest BCUT2D eigenvalue weighted by Crippen LogP contribution is 2.46. The molecule has 0 aliphatic heterocycles. The van der Waals surface area contributed by atoms with E-state index in [9.17, 15) is 0 Å². The van der Waals surface area contributed by atoms with Gasteiger partial charge >= 0.3 is 0 Å². The second-order valence-electron chi connectivity index (χ2n) is 34.4. The van der Waals surface area contributed by atoms with Gasteiger partial charge in [-0.25, -0.2) is 19.9 Å². The van der Waals surface area contributed by atoms with Crippen LogP contribution in [0.15, 0.2) is 486 Å². The molecule has 0 saturated carbocycles. The zero-order valence-electron chi connectivity index (χ0n) is 73.6. The molecule has 28 aromatic rings. The molecule has 10 heterocycles. The van der Waals surface area contributed by atoms with Gasteiger partial charge in [0.05, 0.1) is 49.7 Å². The van der Waals surface area contributed by atoms with E-state index in [0.29, 0.717) is 17.6 Å². The van der Waals surface area contributed by atoms with E-state index in [0.717, 1.165) is 106 Å². The molecule has 136 heavy (non-hydrogen) atoms. The van der Waals surface area contributed by atoms with E-state index in [2.05, 4.69) is 428 Å². The van der Waals surface area contributed by atoms with Crippen LogP contribution in [0.25, 0.3) is 244 Å².